The van der Waals surface area contributed by atoms with Crippen LogP contribution in [0.3, 0.4) is 0 Å². The first kappa shape index (κ1) is 22.9. The average Bonchev–Trinajstić information content (AvgIpc) is 2.88. The molecule has 0 saturated heterocycles. The van der Waals surface area contributed by atoms with Gasteiger partial charge in [0.25, 0.3) is 0 Å². The highest BCUT2D eigenvalue weighted by molar-refractivity contribution is 7.53. The molecule has 2 N–H and O–H groups in total. The van der Waals surface area contributed by atoms with Crippen LogP contribution in [0.25, 0.3) is 27.6 Å². The molecule has 0 fully saturated rings. The van der Waals surface area contributed by atoms with E-state index in [0.717, 1.165) is 33.3 Å². The van der Waals surface area contributed by atoms with Gasteiger partial charge in [0.1, 0.15) is 5.16 Å². The van der Waals surface area contributed by atoms with E-state index in [2.05, 4.69) is 11.1 Å². The molecule has 4 aromatic rings. The Labute approximate surface area is 203 Å². The van der Waals surface area contributed by atoms with Gasteiger partial charge >= 0.3 is 7.60 Å². The van der Waals surface area contributed by atoms with Crippen molar-refractivity contribution >= 4 is 18.4 Å². The highest BCUT2D eigenvalue weighted by atomic mass is 31.2. The maximum Gasteiger partial charge on any atom is 0.336 e. The highest BCUT2D eigenvalue weighted by Crippen LogP contribution is 2.56. The van der Waals surface area contributed by atoms with Crippen molar-refractivity contribution < 1.29 is 18.9 Å². The Bertz CT molecular complexity index is 1570. The third kappa shape index (κ3) is 4.22. The first-order valence-electron chi connectivity index (χ1n) is 11.2. The summed E-state index contributed by atoms with van der Waals surface area (Å²) in [5.41, 5.74) is 4.05. The number of benzene rings is 2. The van der Waals surface area contributed by atoms with Gasteiger partial charge < -0.3 is 9.79 Å². The standard InChI is InChI=1S/C28H22N3O3P/c29-20-23-8-9-27(26-7-3-2-6-25(23)26)31-17-12-22(21-10-15-30-16-11-21)18-24(31)19-28(35(32,33)34)13-4-1-5-14-28/h1-13,15-18H,14,19H2,(H-,32,33,34)/p+1. The number of hydrogen-bond acceptors (Lipinski definition) is 3. The van der Waals surface area contributed by atoms with Crippen LogP contribution in [-0.2, 0) is 11.0 Å². The molecule has 0 saturated carbocycles. The lowest BCUT2D eigenvalue weighted by atomic mass is 9.92. The fourth-order valence-corrected chi connectivity index (χ4v) is 5.64. The van der Waals surface area contributed by atoms with Gasteiger partial charge in [-0.15, -0.1) is 0 Å². The quantitative estimate of drug-likeness (QED) is 0.309. The molecule has 2 aromatic heterocycles. The van der Waals surface area contributed by atoms with E-state index in [1.807, 2.05) is 71.4 Å². The third-order valence-corrected chi connectivity index (χ3v) is 8.17. The smallest absolute Gasteiger partial charge is 0.324 e. The summed E-state index contributed by atoms with van der Waals surface area (Å²) in [6.45, 7) is 0. The third-order valence-electron chi connectivity index (χ3n) is 6.52. The van der Waals surface area contributed by atoms with Crippen LogP contribution in [0.2, 0.25) is 0 Å². The first-order valence-corrected chi connectivity index (χ1v) is 12.8. The molecule has 2 aromatic carbocycles. The molecule has 2 heterocycles. The number of aromatic nitrogens is 2. The van der Waals surface area contributed by atoms with E-state index in [-0.39, 0.29) is 12.8 Å². The number of allylic oxidation sites excluding steroid dienone is 4. The molecule has 0 bridgehead atoms. The second-order valence-corrected chi connectivity index (χ2v) is 10.6. The van der Waals surface area contributed by atoms with Crippen LogP contribution >= 0.6 is 7.60 Å². The molecule has 0 radical (unpaired) electrons. The molecule has 1 atom stereocenters. The summed E-state index contributed by atoms with van der Waals surface area (Å²) in [7, 11) is -4.50. The van der Waals surface area contributed by atoms with E-state index in [4.69, 9.17) is 0 Å². The molecule has 0 aliphatic heterocycles. The van der Waals surface area contributed by atoms with Crippen LogP contribution in [-0.4, -0.2) is 19.9 Å². The molecule has 35 heavy (non-hydrogen) atoms. The fraction of sp³-hybridized carbons (Fsp3) is 0.107. The van der Waals surface area contributed by atoms with Gasteiger partial charge in [-0.05, 0) is 41.8 Å². The van der Waals surface area contributed by atoms with Gasteiger partial charge in [0.05, 0.1) is 23.4 Å². The molecule has 7 heteroatoms. The molecule has 0 spiro atoms. The summed E-state index contributed by atoms with van der Waals surface area (Å²) in [4.78, 5) is 24.9. The predicted molar refractivity (Wildman–Crippen MR) is 135 cm³/mol. The van der Waals surface area contributed by atoms with E-state index in [1.54, 1.807) is 36.7 Å². The van der Waals surface area contributed by atoms with Crippen molar-refractivity contribution in [1.29, 1.82) is 5.26 Å². The largest absolute Gasteiger partial charge is 0.336 e. The normalized spacial score (nSPS) is 17.4. The molecule has 1 unspecified atom stereocenters. The Balaban J connectivity index is 1.75. The molecule has 172 valence electrons. The van der Waals surface area contributed by atoms with E-state index in [0.29, 0.717) is 5.56 Å². The van der Waals surface area contributed by atoms with Crippen molar-refractivity contribution in [2.45, 2.75) is 18.0 Å². The zero-order valence-corrected chi connectivity index (χ0v) is 19.7. The van der Waals surface area contributed by atoms with Crippen LogP contribution in [0.5, 0.6) is 0 Å². The van der Waals surface area contributed by atoms with Crippen LogP contribution in [0, 0.1) is 11.3 Å². The Morgan fingerprint density at radius 2 is 1.77 bits per heavy atom. The maximum absolute atomic E-state index is 12.8. The van der Waals surface area contributed by atoms with Crippen LogP contribution in [0.1, 0.15) is 17.7 Å². The number of nitrogens with zero attached hydrogens (tertiary/aromatic N) is 3. The number of fused-ring (bicyclic) bond motifs is 1. The lowest BCUT2D eigenvalue weighted by molar-refractivity contribution is -0.603. The monoisotopic (exact) mass is 480 g/mol. The zero-order chi connectivity index (χ0) is 24.5. The van der Waals surface area contributed by atoms with Crippen molar-refractivity contribution in [2.75, 3.05) is 0 Å². The molecule has 1 aliphatic rings. The van der Waals surface area contributed by atoms with E-state index >= 15 is 0 Å². The number of pyridine rings is 2. The summed E-state index contributed by atoms with van der Waals surface area (Å²) < 4.78 is 14.7. The number of hydrogen-bond donors (Lipinski definition) is 2. The Morgan fingerprint density at radius 3 is 2.46 bits per heavy atom. The molecule has 6 nitrogen and oxygen atoms in total. The van der Waals surface area contributed by atoms with E-state index < -0.39 is 12.8 Å². The molecule has 5 rings (SSSR count). The Kier molecular flexibility index (Phi) is 5.92. The molecule has 1 aliphatic carbocycles. The SMILES string of the molecule is N#Cc1ccc(-[n+]2ccc(-c3ccncc3)cc2CC2(P(=O)(O)O)C=CC=CC2)c2ccccc12. The van der Waals surface area contributed by atoms with Crippen LogP contribution in [0.4, 0.5) is 0 Å². The van der Waals surface area contributed by atoms with E-state index in [9.17, 15) is 19.6 Å². The van der Waals surface area contributed by atoms with Gasteiger partial charge in [-0.2, -0.15) is 9.83 Å². The van der Waals surface area contributed by atoms with E-state index in [1.165, 1.54) is 0 Å². The summed E-state index contributed by atoms with van der Waals surface area (Å²) >= 11 is 0. The molecular weight excluding hydrogens is 457 g/mol. The first-order chi connectivity index (χ1) is 16.9. The van der Waals surface area contributed by atoms with Gasteiger partial charge in [0, 0.05) is 36.0 Å². The van der Waals surface area contributed by atoms with Crippen LogP contribution < -0.4 is 4.57 Å². The minimum atomic E-state index is -4.50. The van der Waals surface area contributed by atoms with Crippen LogP contribution in [0.15, 0.2) is 104 Å². The second-order valence-electron chi connectivity index (χ2n) is 8.62. The Morgan fingerprint density at radius 1 is 1.00 bits per heavy atom. The highest BCUT2D eigenvalue weighted by Gasteiger charge is 2.46. The topological polar surface area (TPSA) is 98.1 Å². The summed E-state index contributed by atoms with van der Waals surface area (Å²) in [6, 6.07) is 21.4. The lowest BCUT2D eigenvalue weighted by Crippen LogP contribution is -2.41. The van der Waals surface area contributed by atoms with Gasteiger partial charge in [-0.25, -0.2) is 0 Å². The minimum Gasteiger partial charge on any atom is -0.324 e. The number of nitriles is 1. The second kappa shape index (κ2) is 9.05. The van der Waals surface area contributed by atoms with Gasteiger partial charge in [0.15, 0.2) is 11.9 Å². The van der Waals surface area contributed by atoms with Gasteiger partial charge in [0.2, 0.25) is 5.69 Å². The van der Waals surface area contributed by atoms with Crippen molar-refractivity contribution in [2.24, 2.45) is 0 Å². The fourth-order valence-electron chi connectivity index (χ4n) is 4.65. The lowest BCUT2D eigenvalue weighted by Gasteiger charge is -2.31. The minimum absolute atomic E-state index is 0.130. The van der Waals surface area contributed by atoms with Crippen molar-refractivity contribution in [3.05, 3.63) is 115 Å². The predicted octanol–water partition coefficient (Wildman–Crippen LogP) is 5.03. The zero-order valence-electron chi connectivity index (χ0n) is 18.8. The Hall–Kier alpha value is -3.88. The van der Waals surface area contributed by atoms with Gasteiger partial charge in [-0.1, -0.05) is 42.5 Å². The maximum atomic E-state index is 12.8. The number of rotatable bonds is 5. The van der Waals surface area contributed by atoms with Gasteiger partial charge in [-0.3, -0.25) is 9.55 Å². The summed E-state index contributed by atoms with van der Waals surface area (Å²) in [5.74, 6) is 0. The molecule has 0 amide bonds. The molecular formula is C28H23N3O3P+. The average molecular weight is 480 g/mol. The summed E-state index contributed by atoms with van der Waals surface area (Å²) in [5, 5.41) is 9.96. The van der Waals surface area contributed by atoms with Crippen molar-refractivity contribution in [1.82, 2.24) is 4.98 Å². The van der Waals surface area contributed by atoms with Crippen molar-refractivity contribution in [3.8, 4) is 22.9 Å². The van der Waals surface area contributed by atoms with Crippen molar-refractivity contribution in [3.63, 3.8) is 0 Å². The summed E-state index contributed by atoms with van der Waals surface area (Å²) in [6.07, 6.45) is 12.7.